The van der Waals surface area contributed by atoms with Gasteiger partial charge in [-0.3, -0.25) is 14.4 Å². The van der Waals surface area contributed by atoms with Crippen molar-refractivity contribution in [3.63, 3.8) is 0 Å². The molecule has 0 spiro atoms. The summed E-state index contributed by atoms with van der Waals surface area (Å²) in [7, 11) is -3.37. The summed E-state index contributed by atoms with van der Waals surface area (Å²) < 4.78 is 29.8. The van der Waals surface area contributed by atoms with E-state index in [1.165, 1.54) is 0 Å². The van der Waals surface area contributed by atoms with E-state index < -0.39 is 9.84 Å². The van der Waals surface area contributed by atoms with Gasteiger partial charge in [-0.15, -0.1) is 0 Å². The Morgan fingerprint density at radius 3 is 2.34 bits per heavy atom. The average molecular weight is 542 g/mol. The molecule has 2 aromatic carbocycles. The molecule has 2 N–H and O–H groups in total. The Kier molecular flexibility index (Phi) is 8.40. The van der Waals surface area contributed by atoms with Crippen LogP contribution in [0.1, 0.15) is 48.5 Å². The number of ether oxygens (including phenoxy) is 1. The molecule has 2 aromatic rings. The first-order valence-electron chi connectivity index (χ1n) is 12.9. The molecule has 1 aliphatic carbocycles. The summed E-state index contributed by atoms with van der Waals surface area (Å²) in [5.74, 6) is 0.134. The van der Waals surface area contributed by atoms with Gasteiger partial charge in [-0.05, 0) is 61.8 Å². The number of nitrogens with one attached hydrogen (secondary N) is 2. The quantitative estimate of drug-likeness (QED) is 0.476. The van der Waals surface area contributed by atoms with Gasteiger partial charge < -0.3 is 20.3 Å². The van der Waals surface area contributed by atoms with E-state index >= 15 is 0 Å². The molecule has 0 unspecified atom stereocenters. The summed E-state index contributed by atoms with van der Waals surface area (Å²) in [6.45, 7) is 3.06. The molecule has 0 atom stereocenters. The highest BCUT2D eigenvalue weighted by Gasteiger charge is 2.50. The maximum atomic E-state index is 12.9. The molecule has 0 radical (unpaired) electrons. The van der Waals surface area contributed by atoms with Crippen molar-refractivity contribution in [2.24, 2.45) is 5.92 Å². The van der Waals surface area contributed by atoms with E-state index in [2.05, 4.69) is 10.6 Å². The van der Waals surface area contributed by atoms with Gasteiger partial charge in [0.2, 0.25) is 5.91 Å². The zero-order chi connectivity index (χ0) is 27.3. The minimum Gasteiger partial charge on any atom is -0.483 e. The minimum atomic E-state index is -3.37. The largest absolute Gasteiger partial charge is 0.483 e. The van der Waals surface area contributed by atoms with Crippen molar-refractivity contribution < 1.29 is 27.5 Å². The Bertz CT molecular complexity index is 1300. The Balaban J connectivity index is 1.29. The van der Waals surface area contributed by atoms with Crippen molar-refractivity contribution in [1.29, 1.82) is 0 Å². The third-order valence-corrected chi connectivity index (χ3v) is 8.64. The number of para-hydroxylation sites is 1. The average Bonchev–Trinajstić information content (AvgIpc) is 3.67. The van der Waals surface area contributed by atoms with E-state index in [0.717, 1.165) is 45.0 Å². The normalized spacial score (nSPS) is 16.9. The summed E-state index contributed by atoms with van der Waals surface area (Å²) in [6, 6.07) is 13.4. The molecule has 3 amide bonds. The molecule has 38 heavy (non-hydrogen) atoms. The minimum absolute atomic E-state index is 0.0900. The van der Waals surface area contributed by atoms with Gasteiger partial charge in [0, 0.05) is 38.4 Å². The number of rotatable bonds is 10. The number of carbonyl (C=O) groups is 3. The number of likely N-dealkylation sites (tertiary alicyclic amines) is 1. The molecule has 2 fully saturated rings. The van der Waals surface area contributed by atoms with Gasteiger partial charge in [0.05, 0.1) is 10.5 Å². The molecule has 9 nitrogen and oxygen atoms in total. The lowest BCUT2D eigenvalue weighted by molar-refractivity contribution is -0.131. The number of nitrogens with zero attached hydrogens (tertiary/aromatic N) is 1. The van der Waals surface area contributed by atoms with Crippen LogP contribution in [-0.4, -0.2) is 69.1 Å². The molecular weight excluding hydrogens is 506 g/mol. The van der Waals surface area contributed by atoms with Crippen molar-refractivity contribution >= 4 is 27.6 Å². The van der Waals surface area contributed by atoms with Gasteiger partial charge in [0.15, 0.2) is 16.4 Å². The van der Waals surface area contributed by atoms with E-state index in [1.54, 1.807) is 55.5 Å². The van der Waals surface area contributed by atoms with Crippen molar-refractivity contribution in [3.05, 3.63) is 59.7 Å². The fraction of sp³-hybridized carbons (Fsp3) is 0.464. The standard InChI is InChI=1S/C28H35N3O6S/c1-20(32)31-17-12-22(13-18-31)28(14-15-28)30-26(33)19-37-24-9-5-4-8-23(24)27(34)29-16-11-21-7-3-6-10-25(21)38(2,35)36/h3-10,22H,11-19H2,1-2H3,(H,29,34)(H,30,33). The molecule has 1 heterocycles. The van der Waals surface area contributed by atoms with Crippen molar-refractivity contribution in [3.8, 4) is 5.75 Å². The highest BCUT2D eigenvalue weighted by atomic mass is 32.2. The molecule has 10 heteroatoms. The van der Waals surface area contributed by atoms with Crippen LogP contribution in [0.25, 0.3) is 0 Å². The van der Waals surface area contributed by atoms with Crippen LogP contribution in [-0.2, 0) is 25.8 Å². The topological polar surface area (TPSA) is 122 Å². The molecule has 1 aliphatic heterocycles. The van der Waals surface area contributed by atoms with Crippen LogP contribution in [0.2, 0.25) is 0 Å². The van der Waals surface area contributed by atoms with Crippen LogP contribution < -0.4 is 15.4 Å². The van der Waals surface area contributed by atoms with Crippen molar-refractivity contribution in [1.82, 2.24) is 15.5 Å². The SMILES string of the molecule is CC(=O)N1CCC(C2(NC(=O)COc3ccccc3C(=O)NCCc3ccccc3S(C)(=O)=O)CC2)CC1. The Labute approximate surface area is 223 Å². The Morgan fingerprint density at radius 1 is 1.03 bits per heavy atom. The number of carbonyl (C=O) groups excluding carboxylic acids is 3. The molecule has 1 saturated heterocycles. The molecule has 1 saturated carbocycles. The Hall–Kier alpha value is -3.40. The second-order valence-electron chi connectivity index (χ2n) is 10.2. The number of hydrogen-bond donors (Lipinski definition) is 2. The zero-order valence-electron chi connectivity index (χ0n) is 21.9. The predicted octanol–water partition coefficient (Wildman–Crippen LogP) is 2.35. The zero-order valence-corrected chi connectivity index (χ0v) is 22.7. The second kappa shape index (κ2) is 11.6. The first-order chi connectivity index (χ1) is 18.1. The third-order valence-electron chi connectivity index (χ3n) is 7.44. The number of hydrogen-bond acceptors (Lipinski definition) is 6. The van der Waals surface area contributed by atoms with Crippen LogP contribution in [0, 0.1) is 5.92 Å². The lowest BCUT2D eigenvalue weighted by Crippen LogP contribution is -2.49. The summed E-state index contributed by atoms with van der Waals surface area (Å²) in [6.07, 6.45) is 5.11. The van der Waals surface area contributed by atoms with Crippen molar-refractivity contribution in [2.75, 3.05) is 32.5 Å². The van der Waals surface area contributed by atoms with Crippen LogP contribution >= 0.6 is 0 Å². The predicted molar refractivity (Wildman–Crippen MR) is 143 cm³/mol. The summed E-state index contributed by atoms with van der Waals surface area (Å²) in [5.41, 5.74) is 0.717. The van der Waals surface area contributed by atoms with Gasteiger partial charge in [0.25, 0.3) is 11.8 Å². The molecule has 0 bridgehead atoms. The molecule has 2 aliphatic rings. The van der Waals surface area contributed by atoms with E-state index in [9.17, 15) is 22.8 Å². The smallest absolute Gasteiger partial charge is 0.258 e. The van der Waals surface area contributed by atoms with Gasteiger partial charge >= 0.3 is 0 Å². The maximum absolute atomic E-state index is 12.9. The van der Waals surface area contributed by atoms with Gasteiger partial charge in [-0.1, -0.05) is 30.3 Å². The van der Waals surface area contributed by atoms with E-state index in [0.29, 0.717) is 29.2 Å². The summed E-state index contributed by atoms with van der Waals surface area (Å²) >= 11 is 0. The van der Waals surface area contributed by atoms with Crippen LogP contribution in [0.4, 0.5) is 0 Å². The maximum Gasteiger partial charge on any atom is 0.258 e. The number of amides is 3. The lowest BCUT2D eigenvalue weighted by atomic mass is 9.87. The van der Waals surface area contributed by atoms with Crippen LogP contribution in [0.3, 0.4) is 0 Å². The van der Waals surface area contributed by atoms with Gasteiger partial charge in [-0.25, -0.2) is 8.42 Å². The van der Waals surface area contributed by atoms with Crippen LogP contribution in [0.5, 0.6) is 5.75 Å². The van der Waals surface area contributed by atoms with Crippen LogP contribution in [0.15, 0.2) is 53.4 Å². The fourth-order valence-corrected chi connectivity index (χ4v) is 6.20. The molecule has 0 aromatic heterocycles. The second-order valence-corrected chi connectivity index (χ2v) is 12.1. The highest BCUT2D eigenvalue weighted by molar-refractivity contribution is 7.90. The molecule has 204 valence electrons. The van der Waals surface area contributed by atoms with E-state index in [4.69, 9.17) is 4.74 Å². The number of sulfone groups is 1. The van der Waals surface area contributed by atoms with Crippen molar-refractivity contribution in [2.45, 2.75) is 49.5 Å². The monoisotopic (exact) mass is 541 g/mol. The number of benzene rings is 2. The molecule has 4 rings (SSSR count). The summed E-state index contributed by atoms with van der Waals surface area (Å²) in [5, 5.41) is 5.97. The first kappa shape index (κ1) is 27.6. The van der Waals surface area contributed by atoms with Gasteiger partial charge in [-0.2, -0.15) is 0 Å². The van der Waals surface area contributed by atoms with Gasteiger partial charge in [0.1, 0.15) is 5.75 Å². The van der Waals surface area contributed by atoms with E-state index in [1.807, 2.05) is 4.90 Å². The third kappa shape index (κ3) is 6.72. The molecular formula is C28H35N3O6S. The first-order valence-corrected chi connectivity index (χ1v) is 14.8. The number of piperidine rings is 1. The lowest BCUT2D eigenvalue weighted by Gasteiger charge is -2.36. The highest BCUT2D eigenvalue weighted by Crippen LogP contribution is 2.46. The van der Waals surface area contributed by atoms with E-state index in [-0.39, 0.29) is 41.3 Å². The summed E-state index contributed by atoms with van der Waals surface area (Å²) in [4.78, 5) is 39.3. The Morgan fingerprint density at radius 2 is 1.68 bits per heavy atom. The fourth-order valence-electron chi connectivity index (χ4n) is 5.23.